The van der Waals surface area contributed by atoms with E-state index in [0.29, 0.717) is 12.6 Å². The first-order chi connectivity index (χ1) is 9.74. The van der Waals surface area contributed by atoms with Crippen molar-refractivity contribution in [3.8, 4) is 0 Å². The predicted molar refractivity (Wildman–Crippen MR) is 80.5 cm³/mol. The van der Waals surface area contributed by atoms with Gasteiger partial charge in [0.25, 0.3) is 0 Å². The van der Waals surface area contributed by atoms with E-state index in [4.69, 9.17) is 9.72 Å². The molecule has 1 aromatic heterocycles. The van der Waals surface area contributed by atoms with Gasteiger partial charge in [0.1, 0.15) is 5.92 Å². The maximum atomic E-state index is 12.0. The molecular formula is C15H22N2O2S. The van der Waals surface area contributed by atoms with Gasteiger partial charge in [-0.25, -0.2) is 4.98 Å². The zero-order valence-electron chi connectivity index (χ0n) is 12.2. The van der Waals surface area contributed by atoms with Crippen LogP contribution in [0.3, 0.4) is 0 Å². The molecule has 0 radical (unpaired) electrons. The van der Waals surface area contributed by atoms with Crippen LogP contribution in [-0.4, -0.2) is 30.1 Å². The minimum absolute atomic E-state index is 0.100. The average Bonchev–Trinajstić information content (AvgIpc) is 3.05. The summed E-state index contributed by atoms with van der Waals surface area (Å²) >= 11 is 1.78. The van der Waals surface area contributed by atoms with Crippen LogP contribution in [0.2, 0.25) is 0 Å². The molecule has 110 valence electrons. The van der Waals surface area contributed by atoms with Crippen molar-refractivity contribution in [3.05, 3.63) is 10.6 Å². The van der Waals surface area contributed by atoms with Crippen LogP contribution in [0.15, 0.2) is 0 Å². The number of fused-ring (bicyclic) bond motifs is 1. The first-order valence-corrected chi connectivity index (χ1v) is 8.49. The molecule has 0 aliphatic heterocycles. The standard InChI is InChI=1S/C15H22N2O2S/c1-3-9-17(10-5-6-10)15-16-13-11(14(18)19-4-2)7-8-12(13)20-15/h10-11H,3-9H2,1-2H3. The van der Waals surface area contributed by atoms with Crippen molar-refractivity contribution in [3.63, 3.8) is 0 Å². The Morgan fingerprint density at radius 1 is 1.40 bits per heavy atom. The van der Waals surface area contributed by atoms with Gasteiger partial charge in [-0.3, -0.25) is 4.79 Å². The first-order valence-electron chi connectivity index (χ1n) is 7.67. The van der Waals surface area contributed by atoms with Gasteiger partial charge in [0.15, 0.2) is 5.13 Å². The summed E-state index contributed by atoms with van der Waals surface area (Å²) in [6, 6.07) is 0.683. The molecule has 0 N–H and O–H groups in total. The van der Waals surface area contributed by atoms with Gasteiger partial charge >= 0.3 is 5.97 Å². The third-order valence-electron chi connectivity index (χ3n) is 3.98. The van der Waals surface area contributed by atoms with Gasteiger partial charge in [-0.2, -0.15) is 0 Å². The highest BCUT2D eigenvalue weighted by molar-refractivity contribution is 7.15. The highest BCUT2D eigenvalue weighted by atomic mass is 32.1. The number of rotatable bonds is 6. The van der Waals surface area contributed by atoms with Gasteiger partial charge in [0, 0.05) is 17.5 Å². The number of thiazole rings is 1. The highest BCUT2D eigenvalue weighted by Crippen LogP contribution is 2.42. The van der Waals surface area contributed by atoms with Crippen molar-refractivity contribution in [1.82, 2.24) is 4.98 Å². The number of carbonyl (C=O) groups excluding carboxylic acids is 1. The largest absolute Gasteiger partial charge is 0.465 e. The summed E-state index contributed by atoms with van der Waals surface area (Å²) in [6.07, 6.45) is 5.55. The van der Waals surface area contributed by atoms with Crippen LogP contribution < -0.4 is 4.90 Å². The Balaban J connectivity index is 1.80. The molecule has 0 bridgehead atoms. The van der Waals surface area contributed by atoms with Crippen molar-refractivity contribution in [2.45, 2.75) is 57.9 Å². The van der Waals surface area contributed by atoms with Gasteiger partial charge in [-0.1, -0.05) is 6.92 Å². The second kappa shape index (κ2) is 5.72. The van der Waals surface area contributed by atoms with E-state index in [2.05, 4.69) is 11.8 Å². The average molecular weight is 294 g/mol. The number of nitrogens with zero attached hydrogens (tertiary/aromatic N) is 2. The van der Waals surface area contributed by atoms with Crippen LogP contribution >= 0.6 is 11.3 Å². The van der Waals surface area contributed by atoms with E-state index in [-0.39, 0.29) is 11.9 Å². The molecule has 3 rings (SSSR count). The second-order valence-electron chi connectivity index (χ2n) is 5.57. The molecule has 2 aliphatic carbocycles. The lowest BCUT2D eigenvalue weighted by atomic mass is 10.1. The Morgan fingerprint density at radius 2 is 2.20 bits per heavy atom. The smallest absolute Gasteiger partial charge is 0.315 e. The molecule has 0 saturated heterocycles. The summed E-state index contributed by atoms with van der Waals surface area (Å²) in [6.45, 7) is 5.58. The maximum absolute atomic E-state index is 12.0. The molecule has 4 nitrogen and oxygen atoms in total. The summed E-state index contributed by atoms with van der Waals surface area (Å²) in [4.78, 5) is 20.5. The Hall–Kier alpha value is -1.10. The molecular weight excluding hydrogens is 272 g/mol. The minimum atomic E-state index is -0.127. The Morgan fingerprint density at radius 3 is 2.85 bits per heavy atom. The van der Waals surface area contributed by atoms with Gasteiger partial charge in [0.2, 0.25) is 0 Å². The normalized spacial score (nSPS) is 20.8. The van der Waals surface area contributed by atoms with Gasteiger partial charge in [-0.15, -0.1) is 11.3 Å². The summed E-state index contributed by atoms with van der Waals surface area (Å²) in [5, 5.41) is 1.12. The molecule has 0 aromatic carbocycles. The number of ether oxygens (including phenoxy) is 1. The third-order valence-corrected chi connectivity index (χ3v) is 5.14. The number of anilines is 1. The molecule has 1 heterocycles. The molecule has 0 amide bonds. The fourth-order valence-corrected chi connectivity index (χ4v) is 4.11. The Bertz CT molecular complexity index is 496. The summed E-state index contributed by atoms with van der Waals surface area (Å²) in [5.74, 6) is -0.228. The van der Waals surface area contributed by atoms with Crippen molar-refractivity contribution in [1.29, 1.82) is 0 Å². The number of aromatic nitrogens is 1. The van der Waals surface area contributed by atoms with E-state index in [1.165, 1.54) is 17.7 Å². The third kappa shape index (κ3) is 2.55. The number of hydrogen-bond acceptors (Lipinski definition) is 5. The predicted octanol–water partition coefficient (Wildman–Crippen LogP) is 3.11. The lowest BCUT2D eigenvalue weighted by molar-refractivity contribution is -0.145. The molecule has 1 fully saturated rings. The Kier molecular flexibility index (Phi) is 3.96. The van der Waals surface area contributed by atoms with Crippen LogP contribution in [0, 0.1) is 0 Å². The van der Waals surface area contributed by atoms with E-state index in [9.17, 15) is 4.79 Å². The SMILES string of the molecule is CCCN(c1nc2c(s1)CCC2C(=O)OCC)C1CC1. The molecule has 1 aromatic rings. The number of aryl methyl sites for hydroxylation is 1. The van der Waals surface area contributed by atoms with Crippen LogP contribution in [0.4, 0.5) is 5.13 Å². The zero-order chi connectivity index (χ0) is 14.1. The number of hydrogen-bond donors (Lipinski definition) is 0. The van der Waals surface area contributed by atoms with Crippen molar-refractivity contribution in [2.24, 2.45) is 0 Å². The molecule has 1 unspecified atom stereocenters. The van der Waals surface area contributed by atoms with Crippen LogP contribution in [-0.2, 0) is 16.0 Å². The Labute approximate surface area is 124 Å². The summed E-state index contributed by atoms with van der Waals surface area (Å²) in [7, 11) is 0. The zero-order valence-corrected chi connectivity index (χ0v) is 13.0. The van der Waals surface area contributed by atoms with Crippen LogP contribution in [0.5, 0.6) is 0 Å². The van der Waals surface area contributed by atoms with E-state index < -0.39 is 0 Å². The first kappa shape index (κ1) is 13.9. The maximum Gasteiger partial charge on any atom is 0.315 e. The van der Waals surface area contributed by atoms with E-state index in [1.54, 1.807) is 11.3 Å². The van der Waals surface area contributed by atoms with E-state index in [1.807, 2.05) is 6.92 Å². The summed E-state index contributed by atoms with van der Waals surface area (Å²) < 4.78 is 5.17. The van der Waals surface area contributed by atoms with Gasteiger partial charge in [-0.05, 0) is 39.0 Å². The minimum Gasteiger partial charge on any atom is -0.465 e. The number of esters is 1. The molecule has 0 spiro atoms. The molecule has 20 heavy (non-hydrogen) atoms. The van der Waals surface area contributed by atoms with E-state index >= 15 is 0 Å². The van der Waals surface area contributed by atoms with Gasteiger partial charge in [0.05, 0.1) is 12.3 Å². The second-order valence-corrected chi connectivity index (χ2v) is 6.63. The molecule has 1 saturated carbocycles. The highest BCUT2D eigenvalue weighted by Gasteiger charge is 2.36. The van der Waals surface area contributed by atoms with Crippen LogP contribution in [0.1, 0.15) is 56.0 Å². The van der Waals surface area contributed by atoms with Crippen molar-refractivity contribution < 1.29 is 9.53 Å². The van der Waals surface area contributed by atoms with Crippen molar-refractivity contribution in [2.75, 3.05) is 18.1 Å². The monoisotopic (exact) mass is 294 g/mol. The lowest BCUT2D eigenvalue weighted by Gasteiger charge is -2.20. The van der Waals surface area contributed by atoms with Crippen molar-refractivity contribution >= 4 is 22.4 Å². The number of carbonyl (C=O) groups is 1. The lowest BCUT2D eigenvalue weighted by Crippen LogP contribution is -2.26. The topological polar surface area (TPSA) is 42.4 Å². The fourth-order valence-electron chi connectivity index (χ4n) is 2.87. The van der Waals surface area contributed by atoms with Crippen LogP contribution in [0.25, 0.3) is 0 Å². The summed E-state index contributed by atoms with van der Waals surface area (Å²) in [5.41, 5.74) is 0.991. The molecule has 5 heteroatoms. The van der Waals surface area contributed by atoms with Gasteiger partial charge < -0.3 is 9.64 Å². The fraction of sp³-hybridized carbons (Fsp3) is 0.733. The quantitative estimate of drug-likeness (QED) is 0.756. The molecule has 2 aliphatic rings. The van der Waals surface area contributed by atoms with E-state index in [0.717, 1.165) is 36.6 Å². The molecule has 1 atom stereocenters.